The first-order chi connectivity index (χ1) is 8.17. The third-order valence-electron chi connectivity index (χ3n) is 3.44. The second-order valence-electron chi connectivity index (χ2n) is 4.39. The number of hydrogen-bond donors (Lipinski definition) is 1. The Kier molecular flexibility index (Phi) is 5.69. The van der Waals surface area contributed by atoms with Gasteiger partial charge in [-0.1, -0.05) is 48.0 Å². The predicted octanol–water partition coefficient (Wildman–Crippen LogP) is 3.62. The molecule has 0 spiro atoms. The first-order valence-electron chi connectivity index (χ1n) is 6.06. The van der Waals surface area contributed by atoms with Gasteiger partial charge in [0.15, 0.2) is 0 Å². The van der Waals surface area contributed by atoms with E-state index in [2.05, 4.69) is 35.1 Å². The van der Waals surface area contributed by atoms with E-state index in [0.717, 1.165) is 30.3 Å². The van der Waals surface area contributed by atoms with Crippen LogP contribution in [0.4, 0.5) is 0 Å². The van der Waals surface area contributed by atoms with Gasteiger partial charge >= 0.3 is 0 Å². The monoisotopic (exact) mass is 297 g/mol. The molecule has 0 atom stereocenters. The van der Waals surface area contributed by atoms with Crippen LogP contribution in [0.5, 0.6) is 0 Å². The Hall–Kier alpha value is -0.830. The summed E-state index contributed by atoms with van der Waals surface area (Å²) in [5.41, 5.74) is 0.896. The summed E-state index contributed by atoms with van der Waals surface area (Å²) >= 11 is 3.55. The molecule has 1 N–H and O–H groups in total. The fourth-order valence-electron chi connectivity index (χ4n) is 1.70. The number of amides is 1. The average molecular weight is 298 g/mol. The largest absolute Gasteiger partial charge is 0.351 e. The second kappa shape index (κ2) is 6.80. The number of rotatable bonds is 6. The fraction of sp³-hybridized carbons (Fsp3) is 0.500. The van der Waals surface area contributed by atoms with Gasteiger partial charge in [0.05, 0.1) is 0 Å². The third kappa shape index (κ3) is 3.84. The Balaban J connectivity index is 2.59. The minimum atomic E-state index is 0.0119. The van der Waals surface area contributed by atoms with E-state index >= 15 is 0 Å². The predicted molar refractivity (Wildman–Crippen MR) is 75.6 cm³/mol. The summed E-state index contributed by atoms with van der Waals surface area (Å²) in [4.78, 5) is 11.9. The molecule has 1 rings (SSSR count). The van der Waals surface area contributed by atoms with Crippen LogP contribution in [0.2, 0.25) is 0 Å². The maximum atomic E-state index is 11.9. The van der Waals surface area contributed by atoms with E-state index in [1.54, 1.807) is 0 Å². The number of hydrogen-bond acceptors (Lipinski definition) is 1. The molecule has 2 nitrogen and oxygen atoms in total. The summed E-state index contributed by atoms with van der Waals surface area (Å²) in [7, 11) is 0. The van der Waals surface area contributed by atoms with Gasteiger partial charge in [-0.3, -0.25) is 4.79 Å². The molecule has 0 radical (unpaired) electrons. The van der Waals surface area contributed by atoms with Crippen molar-refractivity contribution in [1.29, 1.82) is 0 Å². The summed E-state index contributed by atoms with van der Waals surface area (Å²) in [6.07, 6.45) is 2.12. The molecule has 1 aromatic rings. The molecule has 0 aliphatic carbocycles. The first kappa shape index (κ1) is 14.2. The maximum absolute atomic E-state index is 11.9. The van der Waals surface area contributed by atoms with Gasteiger partial charge in [-0.05, 0) is 30.4 Å². The molecule has 3 heteroatoms. The van der Waals surface area contributed by atoms with Crippen molar-refractivity contribution < 1.29 is 4.79 Å². The van der Waals surface area contributed by atoms with E-state index in [1.807, 2.05) is 30.3 Å². The van der Waals surface area contributed by atoms with Crippen molar-refractivity contribution in [2.24, 2.45) is 5.41 Å². The van der Waals surface area contributed by atoms with E-state index in [0.29, 0.717) is 0 Å². The highest BCUT2D eigenvalue weighted by Crippen LogP contribution is 2.27. The smallest absolute Gasteiger partial charge is 0.251 e. The number of benzene rings is 1. The van der Waals surface area contributed by atoms with E-state index in [-0.39, 0.29) is 11.3 Å². The van der Waals surface area contributed by atoms with Gasteiger partial charge in [0.2, 0.25) is 0 Å². The molecular weight excluding hydrogens is 278 g/mol. The molecule has 0 aliphatic rings. The zero-order chi connectivity index (χ0) is 12.7. The lowest BCUT2D eigenvalue weighted by atomic mass is 9.84. The molecule has 0 unspecified atom stereocenters. The molecule has 0 saturated carbocycles. The number of alkyl halides is 1. The van der Waals surface area contributed by atoms with Crippen molar-refractivity contribution in [3.05, 3.63) is 35.9 Å². The summed E-state index contributed by atoms with van der Waals surface area (Å²) < 4.78 is 0. The van der Waals surface area contributed by atoms with Crippen molar-refractivity contribution in [3.8, 4) is 0 Å². The van der Waals surface area contributed by atoms with Crippen LogP contribution in [0.15, 0.2) is 30.3 Å². The topological polar surface area (TPSA) is 29.1 Å². The van der Waals surface area contributed by atoms with Crippen molar-refractivity contribution in [3.63, 3.8) is 0 Å². The minimum absolute atomic E-state index is 0.0119. The van der Waals surface area contributed by atoms with E-state index in [1.165, 1.54) is 0 Å². The number of nitrogens with one attached hydrogen (secondary N) is 1. The van der Waals surface area contributed by atoms with Gasteiger partial charge in [-0.2, -0.15) is 0 Å². The van der Waals surface area contributed by atoms with Crippen LogP contribution in [-0.4, -0.2) is 17.8 Å². The Morgan fingerprint density at radius 2 is 1.82 bits per heavy atom. The zero-order valence-corrected chi connectivity index (χ0v) is 12.1. The Morgan fingerprint density at radius 1 is 1.24 bits per heavy atom. The molecule has 0 aromatic heterocycles. The Bertz CT molecular complexity index is 338. The first-order valence-corrected chi connectivity index (χ1v) is 7.19. The number of carbonyl (C=O) groups excluding carboxylic acids is 1. The van der Waals surface area contributed by atoms with Gasteiger partial charge in [0.1, 0.15) is 0 Å². The fourth-order valence-corrected chi connectivity index (χ4v) is 2.69. The lowest BCUT2D eigenvalue weighted by Crippen LogP contribution is -2.38. The standard InChI is InChI=1S/C14H20BrNO/c1-3-14(4-2,10-15)11-16-13(17)12-8-6-5-7-9-12/h5-9H,3-4,10-11H2,1-2H3,(H,16,17). The summed E-state index contributed by atoms with van der Waals surface area (Å²) in [5.74, 6) is 0.0119. The molecule has 0 saturated heterocycles. The molecular formula is C14H20BrNO. The van der Waals surface area contributed by atoms with E-state index < -0.39 is 0 Å². The van der Waals surface area contributed by atoms with Gasteiger partial charge in [-0.25, -0.2) is 0 Å². The molecule has 1 aromatic carbocycles. The van der Waals surface area contributed by atoms with Crippen molar-refractivity contribution in [2.45, 2.75) is 26.7 Å². The lowest BCUT2D eigenvalue weighted by molar-refractivity contribution is 0.0932. The second-order valence-corrected chi connectivity index (χ2v) is 4.95. The summed E-state index contributed by atoms with van der Waals surface area (Å²) in [6.45, 7) is 5.05. The molecule has 94 valence electrons. The number of carbonyl (C=O) groups is 1. The molecule has 0 fully saturated rings. The third-order valence-corrected chi connectivity index (χ3v) is 4.63. The molecule has 0 bridgehead atoms. The number of halogens is 1. The molecule has 1 amide bonds. The average Bonchev–Trinajstić information content (AvgIpc) is 2.41. The van der Waals surface area contributed by atoms with E-state index in [4.69, 9.17) is 0 Å². The van der Waals surface area contributed by atoms with Crippen LogP contribution >= 0.6 is 15.9 Å². The molecule has 0 aliphatic heterocycles. The highest BCUT2D eigenvalue weighted by Gasteiger charge is 2.25. The molecule has 0 heterocycles. The van der Waals surface area contributed by atoms with Gasteiger partial charge in [0.25, 0.3) is 5.91 Å². The summed E-state index contributed by atoms with van der Waals surface area (Å²) in [5, 5.41) is 3.94. The van der Waals surface area contributed by atoms with Crippen LogP contribution in [-0.2, 0) is 0 Å². The highest BCUT2D eigenvalue weighted by molar-refractivity contribution is 9.09. The highest BCUT2D eigenvalue weighted by atomic mass is 79.9. The SMILES string of the molecule is CCC(CC)(CBr)CNC(=O)c1ccccc1. The van der Waals surface area contributed by atoms with Crippen molar-refractivity contribution in [2.75, 3.05) is 11.9 Å². The van der Waals surface area contributed by atoms with Crippen LogP contribution in [0.3, 0.4) is 0 Å². The Morgan fingerprint density at radius 3 is 2.29 bits per heavy atom. The Labute approximate surface area is 112 Å². The zero-order valence-electron chi connectivity index (χ0n) is 10.5. The van der Waals surface area contributed by atoms with E-state index in [9.17, 15) is 4.79 Å². The molecule has 17 heavy (non-hydrogen) atoms. The van der Waals surface area contributed by atoms with Gasteiger partial charge in [-0.15, -0.1) is 0 Å². The van der Waals surface area contributed by atoms with Crippen molar-refractivity contribution in [1.82, 2.24) is 5.32 Å². The lowest BCUT2D eigenvalue weighted by Gasteiger charge is -2.29. The van der Waals surface area contributed by atoms with Gasteiger partial charge < -0.3 is 5.32 Å². The van der Waals surface area contributed by atoms with Crippen LogP contribution in [0, 0.1) is 5.41 Å². The van der Waals surface area contributed by atoms with Crippen LogP contribution in [0.1, 0.15) is 37.0 Å². The maximum Gasteiger partial charge on any atom is 0.251 e. The van der Waals surface area contributed by atoms with Gasteiger partial charge in [0, 0.05) is 17.4 Å². The van der Waals surface area contributed by atoms with Crippen LogP contribution in [0.25, 0.3) is 0 Å². The minimum Gasteiger partial charge on any atom is -0.351 e. The quantitative estimate of drug-likeness (QED) is 0.799. The normalized spacial score (nSPS) is 11.2. The van der Waals surface area contributed by atoms with Crippen LogP contribution < -0.4 is 5.32 Å². The summed E-state index contributed by atoms with van der Waals surface area (Å²) in [6, 6.07) is 9.35. The van der Waals surface area contributed by atoms with Crippen molar-refractivity contribution >= 4 is 21.8 Å².